The minimum Gasteiger partial charge on any atom is -0.464 e. The van der Waals surface area contributed by atoms with Gasteiger partial charge in [-0.15, -0.1) is 0 Å². The number of aliphatic hydroxyl groups excluding tert-OH is 1. The summed E-state index contributed by atoms with van der Waals surface area (Å²) < 4.78 is 10.7. The van der Waals surface area contributed by atoms with Crippen LogP contribution in [0.25, 0.3) is 22.4 Å². The second kappa shape index (κ2) is 5.69. The lowest BCUT2D eigenvalue weighted by atomic mass is 10.0. The molecule has 0 aliphatic carbocycles. The van der Waals surface area contributed by atoms with Crippen molar-refractivity contribution in [2.24, 2.45) is 5.92 Å². The minimum absolute atomic E-state index is 0.376. The molecule has 0 radical (unpaired) electrons. The molecule has 5 nitrogen and oxygen atoms in total. The Hall–Kier alpha value is -2.14. The molecule has 0 bridgehead atoms. The van der Waals surface area contributed by atoms with Crippen LogP contribution in [0.5, 0.6) is 0 Å². The lowest BCUT2D eigenvalue weighted by Gasteiger charge is -2.09. The molecule has 3 aromatic rings. The molecule has 5 heteroatoms. The van der Waals surface area contributed by atoms with Gasteiger partial charge in [-0.25, -0.2) is 0 Å². The Morgan fingerprint density at radius 2 is 2.05 bits per heavy atom. The quantitative estimate of drug-likeness (QED) is 0.778. The smallest absolute Gasteiger partial charge is 0.229 e. The van der Waals surface area contributed by atoms with E-state index in [1.165, 1.54) is 0 Å². The number of para-hydroxylation sites is 1. The Labute approximate surface area is 122 Å². The molecule has 0 amide bonds. The molecule has 2 aromatic heterocycles. The van der Waals surface area contributed by atoms with Crippen molar-refractivity contribution in [2.75, 3.05) is 0 Å². The first-order chi connectivity index (χ1) is 10.1. The monoisotopic (exact) mass is 286 g/mol. The molecule has 0 saturated heterocycles. The van der Waals surface area contributed by atoms with Crippen LogP contribution >= 0.6 is 0 Å². The SMILES string of the molecule is CC(C)CC(O)Cc1nc(-c2coc3ccccc23)no1. The predicted octanol–water partition coefficient (Wildman–Crippen LogP) is 3.43. The van der Waals surface area contributed by atoms with E-state index in [2.05, 4.69) is 24.0 Å². The number of nitrogens with zero attached hydrogens (tertiary/aromatic N) is 2. The highest BCUT2D eigenvalue weighted by Crippen LogP contribution is 2.28. The van der Waals surface area contributed by atoms with Gasteiger partial charge in [0.2, 0.25) is 11.7 Å². The van der Waals surface area contributed by atoms with Gasteiger partial charge in [0.05, 0.1) is 18.1 Å². The van der Waals surface area contributed by atoms with Crippen LogP contribution in [0.4, 0.5) is 0 Å². The summed E-state index contributed by atoms with van der Waals surface area (Å²) in [7, 11) is 0. The molecule has 1 aromatic carbocycles. The zero-order chi connectivity index (χ0) is 14.8. The summed E-state index contributed by atoms with van der Waals surface area (Å²) in [5.41, 5.74) is 1.60. The van der Waals surface area contributed by atoms with Gasteiger partial charge in [0, 0.05) is 5.39 Å². The fraction of sp³-hybridized carbons (Fsp3) is 0.375. The van der Waals surface area contributed by atoms with Gasteiger partial charge in [-0.2, -0.15) is 4.98 Å². The Balaban J connectivity index is 1.82. The van der Waals surface area contributed by atoms with Crippen molar-refractivity contribution >= 4 is 11.0 Å². The van der Waals surface area contributed by atoms with Crippen LogP contribution in [0.1, 0.15) is 26.2 Å². The van der Waals surface area contributed by atoms with Gasteiger partial charge in [0.25, 0.3) is 0 Å². The lowest BCUT2D eigenvalue weighted by molar-refractivity contribution is 0.138. The molecule has 1 N–H and O–H groups in total. The number of fused-ring (bicyclic) bond motifs is 1. The summed E-state index contributed by atoms with van der Waals surface area (Å²) >= 11 is 0. The standard InChI is InChI=1S/C16H18N2O3/c1-10(2)7-11(19)8-15-17-16(18-21-15)13-9-20-14-6-4-3-5-12(13)14/h3-6,9-11,19H,7-8H2,1-2H3. The number of hydrogen-bond donors (Lipinski definition) is 1. The third-order valence-electron chi connectivity index (χ3n) is 3.34. The maximum atomic E-state index is 9.94. The average Bonchev–Trinajstić information content (AvgIpc) is 3.03. The van der Waals surface area contributed by atoms with Gasteiger partial charge in [-0.1, -0.05) is 37.2 Å². The van der Waals surface area contributed by atoms with Crippen molar-refractivity contribution in [3.05, 3.63) is 36.4 Å². The van der Waals surface area contributed by atoms with Crippen molar-refractivity contribution < 1.29 is 14.0 Å². The van der Waals surface area contributed by atoms with Crippen LogP contribution in [0.2, 0.25) is 0 Å². The molecule has 3 rings (SSSR count). The average molecular weight is 286 g/mol. The Bertz CT molecular complexity index is 730. The molecular weight excluding hydrogens is 268 g/mol. The molecule has 21 heavy (non-hydrogen) atoms. The number of rotatable bonds is 5. The topological polar surface area (TPSA) is 72.3 Å². The maximum absolute atomic E-state index is 9.94. The highest BCUT2D eigenvalue weighted by atomic mass is 16.5. The van der Waals surface area contributed by atoms with Crippen LogP contribution in [-0.2, 0) is 6.42 Å². The molecule has 0 saturated carbocycles. The zero-order valence-electron chi connectivity index (χ0n) is 12.1. The van der Waals surface area contributed by atoms with Gasteiger partial charge in [-0.05, 0) is 18.4 Å². The highest BCUT2D eigenvalue weighted by Gasteiger charge is 2.17. The first-order valence-electron chi connectivity index (χ1n) is 7.10. The Morgan fingerprint density at radius 3 is 2.86 bits per heavy atom. The first kappa shape index (κ1) is 13.8. The number of aromatic nitrogens is 2. The number of benzene rings is 1. The summed E-state index contributed by atoms with van der Waals surface area (Å²) in [5.74, 6) is 1.37. The van der Waals surface area contributed by atoms with Crippen molar-refractivity contribution in [3.8, 4) is 11.4 Å². The maximum Gasteiger partial charge on any atom is 0.229 e. The third kappa shape index (κ3) is 2.97. The summed E-state index contributed by atoms with van der Waals surface area (Å²) in [4.78, 5) is 4.35. The molecule has 1 atom stereocenters. The van der Waals surface area contributed by atoms with E-state index in [4.69, 9.17) is 8.94 Å². The van der Waals surface area contributed by atoms with Crippen LogP contribution in [0, 0.1) is 5.92 Å². The van der Waals surface area contributed by atoms with Crippen LogP contribution in [0.15, 0.2) is 39.5 Å². The summed E-state index contributed by atoms with van der Waals surface area (Å²) in [6, 6.07) is 7.71. The summed E-state index contributed by atoms with van der Waals surface area (Å²) in [6.07, 6.45) is 2.26. The minimum atomic E-state index is -0.459. The van der Waals surface area contributed by atoms with Crippen molar-refractivity contribution in [2.45, 2.75) is 32.8 Å². The van der Waals surface area contributed by atoms with Crippen molar-refractivity contribution in [1.29, 1.82) is 0 Å². The Kier molecular flexibility index (Phi) is 3.75. The third-order valence-corrected chi connectivity index (χ3v) is 3.34. The molecule has 110 valence electrons. The molecule has 0 aliphatic rings. The zero-order valence-corrected chi connectivity index (χ0v) is 12.1. The van der Waals surface area contributed by atoms with Crippen LogP contribution < -0.4 is 0 Å². The fourth-order valence-electron chi connectivity index (χ4n) is 2.43. The van der Waals surface area contributed by atoms with E-state index in [1.807, 2.05) is 24.3 Å². The predicted molar refractivity (Wildman–Crippen MR) is 78.7 cm³/mol. The number of hydrogen-bond acceptors (Lipinski definition) is 5. The van der Waals surface area contributed by atoms with Gasteiger partial charge in [0.1, 0.15) is 11.8 Å². The second-order valence-corrected chi connectivity index (χ2v) is 5.64. The normalized spacial score (nSPS) is 13.1. The van der Waals surface area contributed by atoms with E-state index in [0.29, 0.717) is 30.5 Å². The second-order valence-electron chi connectivity index (χ2n) is 5.64. The van der Waals surface area contributed by atoms with Crippen molar-refractivity contribution in [1.82, 2.24) is 10.1 Å². The largest absolute Gasteiger partial charge is 0.464 e. The number of furan rings is 1. The molecule has 0 spiro atoms. The summed E-state index contributed by atoms with van der Waals surface area (Å²) in [6.45, 7) is 4.14. The molecule has 0 fully saturated rings. The van der Waals surface area contributed by atoms with E-state index in [-0.39, 0.29) is 0 Å². The van der Waals surface area contributed by atoms with E-state index >= 15 is 0 Å². The molecule has 0 aliphatic heterocycles. The van der Waals surface area contributed by atoms with E-state index in [0.717, 1.165) is 16.5 Å². The van der Waals surface area contributed by atoms with Crippen molar-refractivity contribution in [3.63, 3.8) is 0 Å². The molecule has 1 unspecified atom stereocenters. The Morgan fingerprint density at radius 1 is 1.24 bits per heavy atom. The highest BCUT2D eigenvalue weighted by molar-refractivity contribution is 5.91. The summed E-state index contributed by atoms with van der Waals surface area (Å²) in [5, 5.41) is 14.9. The van der Waals surface area contributed by atoms with Gasteiger partial charge in [-0.3, -0.25) is 0 Å². The van der Waals surface area contributed by atoms with E-state index in [1.54, 1.807) is 6.26 Å². The van der Waals surface area contributed by atoms with E-state index in [9.17, 15) is 5.11 Å². The van der Waals surface area contributed by atoms with Gasteiger partial charge < -0.3 is 14.0 Å². The first-order valence-corrected chi connectivity index (χ1v) is 7.10. The van der Waals surface area contributed by atoms with Crippen LogP contribution in [0.3, 0.4) is 0 Å². The fourth-order valence-corrected chi connectivity index (χ4v) is 2.43. The van der Waals surface area contributed by atoms with Gasteiger partial charge in [0.15, 0.2) is 0 Å². The number of aliphatic hydroxyl groups is 1. The van der Waals surface area contributed by atoms with Gasteiger partial charge >= 0.3 is 0 Å². The van der Waals surface area contributed by atoms with Crippen LogP contribution in [-0.4, -0.2) is 21.4 Å². The lowest BCUT2D eigenvalue weighted by Crippen LogP contribution is -2.13. The molecular formula is C16H18N2O3. The molecule has 2 heterocycles. The van der Waals surface area contributed by atoms with E-state index < -0.39 is 6.10 Å².